The second kappa shape index (κ2) is 10.8. The van der Waals surface area contributed by atoms with Crippen LogP contribution in [-0.4, -0.2) is 93.9 Å². The van der Waals surface area contributed by atoms with Crippen molar-refractivity contribution in [2.45, 2.75) is 32.1 Å². The van der Waals surface area contributed by atoms with Crippen LogP contribution in [0.4, 0.5) is 25.8 Å². The lowest BCUT2D eigenvalue weighted by Gasteiger charge is -2.37. The van der Waals surface area contributed by atoms with E-state index in [1.807, 2.05) is 6.92 Å². The first-order chi connectivity index (χ1) is 20.1. The summed E-state index contributed by atoms with van der Waals surface area (Å²) >= 11 is 1.40. The van der Waals surface area contributed by atoms with E-state index in [1.54, 1.807) is 22.9 Å². The molecule has 3 aliphatic heterocycles. The van der Waals surface area contributed by atoms with Crippen molar-refractivity contribution in [3.63, 3.8) is 0 Å². The number of imidazole rings is 1. The SMILES string of the molecule is CC(=O)NC[C@H]1CN(c2ccc(-c3cnc(N4CCN(CC5(C)Cn6cc([N+](=O)[O-])nc6O5)CC4)s3)c(F)c2)C(=O)O1. The van der Waals surface area contributed by atoms with Gasteiger partial charge >= 0.3 is 17.9 Å². The molecule has 1 unspecified atom stereocenters. The van der Waals surface area contributed by atoms with E-state index in [-0.39, 0.29) is 30.8 Å². The molecule has 0 saturated carbocycles. The molecule has 0 aliphatic carbocycles. The normalized spacial score (nSPS) is 22.2. The van der Waals surface area contributed by atoms with Crippen molar-refractivity contribution < 1.29 is 28.4 Å². The number of hydrogen-bond acceptors (Lipinski definition) is 11. The number of benzene rings is 1. The van der Waals surface area contributed by atoms with E-state index in [4.69, 9.17) is 9.47 Å². The molecule has 0 radical (unpaired) electrons. The first-order valence-electron chi connectivity index (χ1n) is 13.4. The van der Waals surface area contributed by atoms with E-state index in [0.29, 0.717) is 29.2 Å². The first-order valence-corrected chi connectivity index (χ1v) is 14.2. The molecular formula is C26H29FN8O6S. The smallest absolute Gasteiger partial charge is 0.415 e. The largest absolute Gasteiger partial charge is 0.442 e. The average Bonchev–Trinajstić information content (AvgIpc) is 3.71. The van der Waals surface area contributed by atoms with Crippen molar-refractivity contribution >= 4 is 40.0 Å². The highest BCUT2D eigenvalue weighted by molar-refractivity contribution is 7.18. The number of fused-ring (bicyclic) bond motifs is 1. The predicted molar refractivity (Wildman–Crippen MR) is 150 cm³/mol. The highest BCUT2D eigenvalue weighted by Gasteiger charge is 2.42. The third kappa shape index (κ3) is 5.59. The third-order valence-electron chi connectivity index (χ3n) is 7.43. The lowest BCUT2D eigenvalue weighted by molar-refractivity contribution is -0.389. The van der Waals surface area contributed by atoms with Gasteiger partial charge in [0.2, 0.25) is 5.91 Å². The Morgan fingerprint density at radius 2 is 2.10 bits per heavy atom. The number of aromatic nitrogens is 3. The number of carbonyl (C=O) groups excluding carboxylic acids is 2. The maximum atomic E-state index is 15.2. The Hall–Kier alpha value is -4.31. The van der Waals surface area contributed by atoms with Gasteiger partial charge in [0.25, 0.3) is 0 Å². The molecule has 222 valence electrons. The number of thiazole rings is 1. The summed E-state index contributed by atoms with van der Waals surface area (Å²) in [5.41, 5.74) is 0.247. The number of piperazine rings is 1. The van der Waals surface area contributed by atoms with E-state index in [2.05, 4.69) is 25.1 Å². The summed E-state index contributed by atoms with van der Waals surface area (Å²) in [6, 6.07) is 4.89. The number of cyclic esters (lactones) is 1. The fraction of sp³-hybridized carbons (Fsp3) is 0.462. The Balaban J connectivity index is 1.04. The van der Waals surface area contributed by atoms with E-state index < -0.39 is 28.5 Å². The number of halogens is 1. The average molecular weight is 601 g/mol. The minimum atomic E-state index is -0.583. The quantitative estimate of drug-likeness (QED) is 0.302. The van der Waals surface area contributed by atoms with Crippen molar-refractivity contribution in [1.82, 2.24) is 24.8 Å². The van der Waals surface area contributed by atoms with Crippen molar-refractivity contribution in [3.05, 3.63) is 46.5 Å². The maximum absolute atomic E-state index is 15.2. The molecule has 6 rings (SSSR count). The number of nitro groups is 1. The fourth-order valence-electron chi connectivity index (χ4n) is 5.44. The summed E-state index contributed by atoms with van der Waals surface area (Å²) in [6.45, 7) is 7.92. The zero-order valence-corrected chi connectivity index (χ0v) is 23.8. The molecule has 2 amide bonds. The van der Waals surface area contributed by atoms with E-state index in [1.165, 1.54) is 35.4 Å². The van der Waals surface area contributed by atoms with Crippen LogP contribution in [-0.2, 0) is 16.1 Å². The molecule has 2 fully saturated rings. The monoisotopic (exact) mass is 600 g/mol. The number of nitrogens with one attached hydrogen (secondary N) is 1. The van der Waals surface area contributed by atoms with Crippen molar-refractivity contribution in [2.24, 2.45) is 0 Å². The van der Waals surface area contributed by atoms with Gasteiger partial charge in [0, 0.05) is 56.4 Å². The molecule has 42 heavy (non-hydrogen) atoms. The molecule has 0 bridgehead atoms. The molecule has 0 spiro atoms. The molecule has 5 heterocycles. The molecule has 3 aliphatic rings. The molecule has 1 N–H and O–H groups in total. The number of carbonyl (C=O) groups is 2. The third-order valence-corrected chi connectivity index (χ3v) is 8.53. The molecule has 2 atom stereocenters. The summed E-state index contributed by atoms with van der Waals surface area (Å²) in [5, 5.41) is 14.4. The number of nitrogens with zero attached hydrogens (tertiary/aromatic N) is 7. The molecular weight excluding hydrogens is 571 g/mol. The summed E-state index contributed by atoms with van der Waals surface area (Å²) < 4.78 is 28.1. The van der Waals surface area contributed by atoms with Crippen LogP contribution in [0.15, 0.2) is 30.6 Å². The number of amides is 2. The van der Waals surface area contributed by atoms with E-state index in [0.717, 1.165) is 31.3 Å². The highest BCUT2D eigenvalue weighted by atomic mass is 32.1. The first kappa shape index (κ1) is 27.8. The number of anilines is 2. The summed E-state index contributed by atoms with van der Waals surface area (Å²) in [7, 11) is 0. The van der Waals surface area contributed by atoms with Gasteiger partial charge in [-0.2, -0.15) is 0 Å². The minimum absolute atomic E-state index is 0.196. The Kier molecular flexibility index (Phi) is 7.18. The molecule has 3 aromatic rings. The van der Waals surface area contributed by atoms with Gasteiger partial charge in [-0.05, 0) is 30.0 Å². The molecule has 2 saturated heterocycles. The summed E-state index contributed by atoms with van der Waals surface area (Å²) in [4.78, 5) is 48.9. The van der Waals surface area contributed by atoms with E-state index >= 15 is 4.39 Å². The van der Waals surface area contributed by atoms with Gasteiger partial charge in [-0.25, -0.2) is 14.2 Å². The van der Waals surface area contributed by atoms with Gasteiger partial charge < -0.3 is 29.8 Å². The topological polar surface area (TPSA) is 148 Å². The molecule has 16 heteroatoms. The number of rotatable bonds is 8. The number of ether oxygens (including phenoxy) is 2. The Morgan fingerprint density at radius 1 is 1.31 bits per heavy atom. The van der Waals surface area contributed by atoms with Gasteiger partial charge in [0.15, 0.2) is 5.13 Å². The zero-order chi connectivity index (χ0) is 29.6. The minimum Gasteiger partial charge on any atom is -0.442 e. The van der Waals surface area contributed by atoms with Crippen LogP contribution in [0.2, 0.25) is 0 Å². The van der Waals surface area contributed by atoms with Crippen LogP contribution in [0.3, 0.4) is 0 Å². The Labute approximate surface area is 243 Å². The van der Waals surface area contributed by atoms with E-state index in [9.17, 15) is 19.7 Å². The molecule has 14 nitrogen and oxygen atoms in total. The van der Waals surface area contributed by atoms with Crippen LogP contribution in [0.5, 0.6) is 6.01 Å². The lowest BCUT2D eigenvalue weighted by atomic mass is 10.1. The fourth-order valence-corrected chi connectivity index (χ4v) is 6.43. The van der Waals surface area contributed by atoms with Gasteiger partial charge in [0.1, 0.15) is 23.7 Å². The standard InChI is InChI=1S/C26H29FN8O6S/c1-16(36)28-10-18-12-34(25(37)40-18)17-3-4-19(20(27)9-17)21-11-29-24(42-21)32-7-5-31(6-8-32)14-26(2)15-33-13-22(35(38)39)30-23(33)41-26/h3-4,9,11,13,18H,5-8,10,12,14-15H2,1-2H3,(H,28,36)/t18-,26?/m0/s1. The maximum Gasteiger partial charge on any atom is 0.415 e. The summed E-state index contributed by atoms with van der Waals surface area (Å²) in [6.07, 6.45) is 1.97. The second-order valence-corrected chi connectivity index (χ2v) is 11.8. The zero-order valence-electron chi connectivity index (χ0n) is 23.0. The van der Waals surface area contributed by atoms with Crippen molar-refractivity contribution in [2.75, 3.05) is 55.6 Å². The van der Waals surface area contributed by atoms with Crippen LogP contribution in [0.25, 0.3) is 10.4 Å². The Bertz CT molecular complexity index is 1510. The van der Waals surface area contributed by atoms with Crippen LogP contribution >= 0.6 is 11.3 Å². The molecule has 1 aromatic carbocycles. The summed E-state index contributed by atoms with van der Waals surface area (Å²) in [5.74, 6) is -0.908. The van der Waals surface area contributed by atoms with Gasteiger partial charge in [-0.15, -0.1) is 0 Å². The van der Waals surface area contributed by atoms with Crippen LogP contribution in [0.1, 0.15) is 13.8 Å². The van der Waals surface area contributed by atoms with Crippen LogP contribution < -0.4 is 19.9 Å². The van der Waals surface area contributed by atoms with Gasteiger partial charge in [-0.3, -0.25) is 19.2 Å². The van der Waals surface area contributed by atoms with Gasteiger partial charge in [0.05, 0.1) is 30.2 Å². The number of hydrogen-bond donors (Lipinski definition) is 1. The van der Waals surface area contributed by atoms with Crippen LogP contribution in [0, 0.1) is 15.9 Å². The predicted octanol–water partition coefficient (Wildman–Crippen LogP) is 2.49. The van der Waals surface area contributed by atoms with Crippen molar-refractivity contribution in [1.29, 1.82) is 0 Å². The Morgan fingerprint density at radius 3 is 2.79 bits per heavy atom. The lowest BCUT2D eigenvalue weighted by Crippen LogP contribution is -2.52. The van der Waals surface area contributed by atoms with Gasteiger partial charge in [-0.1, -0.05) is 11.3 Å². The molecule has 2 aromatic heterocycles. The van der Waals surface area contributed by atoms with Crippen molar-refractivity contribution in [3.8, 4) is 16.5 Å². The highest BCUT2D eigenvalue weighted by Crippen LogP contribution is 2.36. The second-order valence-electron chi connectivity index (χ2n) is 10.8.